The number of aromatic nitrogens is 7. The molecule has 4 aromatic heterocycles. The Morgan fingerprint density at radius 3 is 2.95 bits per heavy atom. The summed E-state index contributed by atoms with van der Waals surface area (Å²) in [5.41, 5.74) is 2.94. The molecule has 192 valence electrons. The molecule has 1 aliphatic carbocycles. The van der Waals surface area contributed by atoms with Crippen LogP contribution in [0, 0.1) is 5.92 Å². The topological polar surface area (TPSA) is 125 Å². The molecule has 1 N–H and O–H groups in total. The standard InChI is InChI=1S/C25H29N9O3/c1-4-33-8-7-15(33)13-37-20-11-28-32(2)24(20)18-5-6-22-29-21(12-34(22)31-18)30-25(35)17-9-16(17)19-10-23(36-3)27-14-26-19/h5-6,10-12,14-17H,4,7-9,13H2,1-3H3,(H,30,35)/t15-,16-,17+/m1/s1. The molecule has 1 aliphatic heterocycles. The number of imidazole rings is 1. The summed E-state index contributed by atoms with van der Waals surface area (Å²) in [6, 6.07) is 5.97. The molecular weight excluding hydrogens is 474 g/mol. The van der Waals surface area contributed by atoms with Crippen LogP contribution in [-0.2, 0) is 11.8 Å². The van der Waals surface area contributed by atoms with Crippen molar-refractivity contribution < 1.29 is 14.3 Å². The maximum atomic E-state index is 12.8. The van der Waals surface area contributed by atoms with E-state index in [9.17, 15) is 4.79 Å². The molecule has 0 bridgehead atoms. The normalized spacial score (nSPS) is 21.0. The van der Waals surface area contributed by atoms with Crippen LogP contribution in [0.4, 0.5) is 5.82 Å². The Morgan fingerprint density at radius 2 is 2.16 bits per heavy atom. The van der Waals surface area contributed by atoms with E-state index in [-0.39, 0.29) is 17.7 Å². The van der Waals surface area contributed by atoms with Crippen LogP contribution in [-0.4, -0.2) is 78.0 Å². The van der Waals surface area contributed by atoms with Gasteiger partial charge in [-0.3, -0.25) is 14.4 Å². The van der Waals surface area contributed by atoms with E-state index in [1.807, 2.05) is 19.2 Å². The SMILES string of the molecule is CCN1CC[C@@H]1COc1cnn(C)c1-c1ccc2nc(NC(=O)[C@H]3C[C@H]3c3cc(OC)ncn3)cn2n1. The van der Waals surface area contributed by atoms with Gasteiger partial charge in [0.2, 0.25) is 11.8 Å². The number of fused-ring (bicyclic) bond motifs is 1. The third kappa shape index (κ3) is 4.48. The second-order valence-corrected chi connectivity index (χ2v) is 9.43. The first kappa shape index (κ1) is 23.3. The third-order valence-electron chi connectivity index (χ3n) is 7.20. The highest BCUT2D eigenvalue weighted by Gasteiger charge is 2.45. The van der Waals surface area contributed by atoms with Crippen molar-refractivity contribution in [2.75, 3.05) is 32.1 Å². The fraction of sp³-hybridized carbons (Fsp3) is 0.440. The largest absolute Gasteiger partial charge is 0.488 e. The number of amides is 1. The first-order valence-corrected chi connectivity index (χ1v) is 12.5. The van der Waals surface area contributed by atoms with Gasteiger partial charge >= 0.3 is 0 Å². The van der Waals surface area contributed by atoms with E-state index in [4.69, 9.17) is 14.6 Å². The van der Waals surface area contributed by atoms with E-state index < -0.39 is 0 Å². The van der Waals surface area contributed by atoms with Crippen LogP contribution < -0.4 is 14.8 Å². The van der Waals surface area contributed by atoms with Crippen LogP contribution in [0.15, 0.2) is 36.9 Å². The molecule has 2 aliphatic rings. The number of anilines is 1. The lowest BCUT2D eigenvalue weighted by atomic mass is 10.0. The molecule has 0 unspecified atom stereocenters. The van der Waals surface area contributed by atoms with Crippen molar-refractivity contribution in [3.8, 4) is 23.0 Å². The number of hydrogen-bond donors (Lipinski definition) is 1. The number of ether oxygens (including phenoxy) is 2. The molecule has 0 aromatic carbocycles. The quantitative estimate of drug-likeness (QED) is 0.366. The fourth-order valence-electron chi connectivity index (χ4n) is 4.87. The van der Waals surface area contributed by atoms with Crippen LogP contribution >= 0.6 is 0 Å². The van der Waals surface area contributed by atoms with Gasteiger partial charge in [-0.2, -0.15) is 10.2 Å². The molecule has 6 rings (SSSR count). The Labute approximate surface area is 213 Å². The lowest BCUT2D eigenvalue weighted by Crippen LogP contribution is -2.50. The summed E-state index contributed by atoms with van der Waals surface area (Å²) in [5, 5.41) is 12.0. The van der Waals surface area contributed by atoms with Crippen molar-refractivity contribution >= 4 is 17.4 Å². The van der Waals surface area contributed by atoms with E-state index in [1.165, 1.54) is 6.33 Å². The predicted octanol–water partition coefficient (Wildman–Crippen LogP) is 2.14. The minimum Gasteiger partial charge on any atom is -0.488 e. The predicted molar refractivity (Wildman–Crippen MR) is 134 cm³/mol. The van der Waals surface area contributed by atoms with Gasteiger partial charge in [0.15, 0.2) is 17.2 Å². The Balaban J connectivity index is 1.15. The Kier molecular flexibility index (Phi) is 5.95. The van der Waals surface area contributed by atoms with Gasteiger partial charge in [0, 0.05) is 37.5 Å². The molecule has 1 saturated carbocycles. The number of aryl methyl sites for hydroxylation is 1. The van der Waals surface area contributed by atoms with Crippen molar-refractivity contribution in [3.63, 3.8) is 0 Å². The summed E-state index contributed by atoms with van der Waals surface area (Å²) >= 11 is 0. The summed E-state index contributed by atoms with van der Waals surface area (Å²) in [6.45, 7) is 4.95. The molecule has 12 heteroatoms. The minimum atomic E-state index is -0.165. The molecule has 37 heavy (non-hydrogen) atoms. The van der Waals surface area contributed by atoms with Crippen LogP contribution in [0.3, 0.4) is 0 Å². The highest BCUT2D eigenvalue weighted by molar-refractivity contribution is 5.94. The molecule has 4 aromatic rings. The van der Waals surface area contributed by atoms with E-state index in [0.717, 1.165) is 37.3 Å². The van der Waals surface area contributed by atoms with Gasteiger partial charge in [0.1, 0.15) is 24.3 Å². The lowest BCUT2D eigenvalue weighted by Gasteiger charge is -2.39. The number of hydrogen-bond acceptors (Lipinski definition) is 9. The van der Waals surface area contributed by atoms with Crippen LogP contribution in [0.1, 0.15) is 31.4 Å². The molecular formula is C25H29N9O3. The number of likely N-dealkylation sites (tertiary alicyclic amines) is 1. The summed E-state index contributed by atoms with van der Waals surface area (Å²) in [5.74, 6) is 1.43. The van der Waals surface area contributed by atoms with Crippen LogP contribution in [0.5, 0.6) is 11.6 Å². The summed E-state index contributed by atoms with van der Waals surface area (Å²) in [4.78, 5) is 28.1. The zero-order valence-corrected chi connectivity index (χ0v) is 21.0. The average molecular weight is 504 g/mol. The first-order chi connectivity index (χ1) is 18.0. The van der Waals surface area contributed by atoms with Gasteiger partial charge in [-0.15, -0.1) is 0 Å². The summed E-state index contributed by atoms with van der Waals surface area (Å²) in [7, 11) is 3.43. The van der Waals surface area contributed by atoms with Crippen LogP contribution in [0.2, 0.25) is 0 Å². The van der Waals surface area contributed by atoms with E-state index in [0.29, 0.717) is 41.4 Å². The lowest BCUT2D eigenvalue weighted by molar-refractivity contribution is -0.117. The van der Waals surface area contributed by atoms with E-state index >= 15 is 0 Å². The third-order valence-corrected chi connectivity index (χ3v) is 7.20. The van der Waals surface area contributed by atoms with Crippen molar-refractivity contribution in [2.24, 2.45) is 13.0 Å². The summed E-state index contributed by atoms with van der Waals surface area (Å²) < 4.78 is 14.7. The molecule has 0 spiro atoms. The zero-order valence-electron chi connectivity index (χ0n) is 21.0. The van der Waals surface area contributed by atoms with Gasteiger partial charge in [-0.25, -0.2) is 19.5 Å². The first-order valence-electron chi connectivity index (χ1n) is 12.5. The zero-order chi connectivity index (χ0) is 25.5. The highest BCUT2D eigenvalue weighted by atomic mass is 16.5. The van der Waals surface area contributed by atoms with Gasteiger partial charge in [-0.05, 0) is 31.5 Å². The molecule has 3 atom stereocenters. The molecule has 1 amide bonds. The van der Waals surface area contributed by atoms with E-state index in [1.54, 1.807) is 34.8 Å². The Hall–Kier alpha value is -4.06. The number of nitrogens with one attached hydrogen (secondary N) is 1. The minimum absolute atomic E-state index is 0.0475. The monoisotopic (exact) mass is 503 g/mol. The number of carbonyl (C=O) groups excluding carboxylic acids is 1. The van der Waals surface area contributed by atoms with Crippen molar-refractivity contribution in [2.45, 2.75) is 31.7 Å². The average Bonchev–Trinajstić information content (AvgIpc) is 3.48. The molecule has 5 heterocycles. The number of rotatable bonds is 9. The van der Waals surface area contributed by atoms with Crippen molar-refractivity contribution in [1.29, 1.82) is 0 Å². The molecule has 2 fully saturated rings. The van der Waals surface area contributed by atoms with Gasteiger partial charge in [0.25, 0.3) is 0 Å². The van der Waals surface area contributed by atoms with Gasteiger partial charge < -0.3 is 14.8 Å². The second-order valence-electron chi connectivity index (χ2n) is 9.43. The number of nitrogens with zero attached hydrogens (tertiary/aromatic N) is 8. The van der Waals surface area contributed by atoms with Crippen molar-refractivity contribution in [1.82, 2.24) is 39.2 Å². The Morgan fingerprint density at radius 1 is 1.27 bits per heavy atom. The maximum absolute atomic E-state index is 12.8. The maximum Gasteiger partial charge on any atom is 0.229 e. The van der Waals surface area contributed by atoms with E-state index in [2.05, 4.69) is 37.2 Å². The summed E-state index contributed by atoms with van der Waals surface area (Å²) in [6.07, 6.45) is 6.77. The van der Waals surface area contributed by atoms with Crippen LogP contribution in [0.25, 0.3) is 17.0 Å². The fourth-order valence-corrected chi connectivity index (χ4v) is 4.87. The Bertz CT molecular complexity index is 1450. The van der Waals surface area contributed by atoms with Gasteiger partial charge in [-0.1, -0.05) is 6.92 Å². The van der Waals surface area contributed by atoms with Gasteiger partial charge in [0.05, 0.1) is 25.2 Å². The second kappa shape index (κ2) is 9.43. The smallest absolute Gasteiger partial charge is 0.229 e. The molecule has 0 radical (unpaired) electrons. The highest BCUT2D eigenvalue weighted by Crippen LogP contribution is 2.47. The number of likely N-dealkylation sites (N-methyl/N-ethyl adjacent to an activating group) is 1. The molecule has 12 nitrogen and oxygen atoms in total. The number of methoxy groups -OCH3 is 1. The number of carbonyl (C=O) groups is 1. The van der Waals surface area contributed by atoms with Crippen molar-refractivity contribution in [3.05, 3.63) is 42.6 Å². The molecule has 1 saturated heterocycles.